The van der Waals surface area contributed by atoms with E-state index < -0.39 is 0 Å². The van der Waals surface area contributed by atoms with Gasteiger partial charge in [-0.05, 0) is 40.0 Å². The van der Waals surface area contributed by atoms with Gasteiger partial charge in [-0.3, -0.25) is 4.79 Å². The molecule has 2 atom stereocenters. The molecule has 94 valence electrons. The highest BCUT2D eigenvalue weighted by molar-refractivity contribution is 5.76. The van der Waals surface area contributed by atoms with Gasteiger partial charge < -0.3 is 10.6 Å². The number of nitrogens with one attached hydrogen (secondary N) is 2. The maximum absolute atomic E-state index is 11.5. The average molecular weight is 226 g/mol. The van der Waals surface area contributed by atoms with Crippen LogP contribution in [0.25, 0.3) is 0 Å². The maximum atomic E-state index is 11.5. The summed E-state index contributed by atoms with van der Waals surface area (Å²) in [4.78, 5) is 11.5. The maximum Gasteiger partial charge on any atom is 0.221 e. The van der Waals surface area contributed by atoms with Crippen LogP contribution in [0.3, 0.4) is 0 Å². The third-order valence-electron chi connectivity index (χ3n) is 2.89. The minimum atomic E-state index is 0.147. The fraction of sp³-hybridized carbons (Fsp3) is 0.923. The highest BCUT2D eigenvalue weighted by atomic mass is 16.1. The summed E-state index contributed by atoms with van der Waals surface area (Å²) in [5, 5.41) is 6.42. The Bertz CT molecular complexity index is 224. The second-order valence-corrected chi connectivity index (χ2v) is 5.57. The van der Waals surface area contributed by atoms with Crippen LogP contribution in [0, 0.1) is 5.92 Å². The topological polar surface area (TPSA) is 41.1 Å². The van der Waals surface area contributed by atoms with E-state index in [-0.39, 0.29) is 18.0 Å². The quantitative estimate of drug-likeness (QED) is 0.698. The molecule has 16 heavy (non-hydrogen) atoms. The van der Waals surface area contributed by atoms with E-state index in [4.69, 9.17) is 0 Å². The summed E-state index contributed by atoms with van der Waals surface area (Å²) in [5.74, 6) is 1.09. The van der Waals surface area contributed by atoms with E-state index in [9.17, 15) is 4.79 Å². The number of amides is 1. The van der Waals surface area contributed by atoms with Gasteiger partial charge in [-0.1, -0.05) is 12.8 Å². The smallest absolute Gasteiger partial charge is 0.221 e. The zero-order chi connectivity index (χ0) is 12.1. The van der Waals surface area contributed by atoms with Gasteiger partial charge in [0.1, 0.15) is 0 Å². The van der Waals surface area contributed by atoms with Crippen molar-refractivity contribution in [2.45, 2.75) is 71.5 Å². The first-order chi connectivity index (χ1) is 7.47. The first-order valence-electron chi connectivity index (χ1n) is 6.52. The van der Waals surface area contributed by atoms with Gasteiger partial charge in [-0.15, -0.1) is 0 Å². The Balaban J connectivity index is 2.12. The van der Waals surface area contributed by atoms with Gasteiger partial charge in [0.15, 0.2) is 0 Å². The van der Waals surface area contributed by atoms with E-state index in [1.807, 2.05) is 13.8 Å². The van der Waals surface area contributed by atoms with Crippen molar-refractivity contribution >= 4 is 5.91 Å². The van der Waals surface area contributed by atoms with Crippen LogP contribution >= 0.6 is 0 Å². The van der Waals surface area contributed by atoms with Crippen molar-refractivity contribution in [1.82, 2.24) is 10.6 Å². The summed E-state index contributed by atoms with van der Waals surface area (Å²) in [6.45, 7) is 8.29. The molecule has 1 saturated carbocycles. The molecule has 0 aliphatic heterocycles. The molecule has 3 heteroatoms. The number of rotatable bonds is 7. The summed E-state index contributed by atoms with van der Waals surface area (Å²) in [5.41, 5.74) is 0. The molecule has 1 rings (SSSR count). The van der Waals surface area contributed by atoms with Crippen LogP contribution in [0.4, 0.5) is 0 Å². The normalized spacial score (nSPS) is 19.6. The van der Waals surface area contributed by atoms with Crippen LogP contribution < -0.4 is 10.6 Å². The minimum Gasteiger partial charge on any atom is -0.354 e. The van der Waals surface area contributed by atoms with Crippen LogP contribution in [-0.2, 0) is 4.79 Å². The summed E-state index contributed by atoms with van der Waals surface area (Å²) >= 11 is 0. The molecule has 0 aromatic carbocycles. The first-order valence-corrected chi connectivity index (χ1v) is 6.52. The van der Waals surface area contributed by atoms with Crippen molar-refractivity contribution in [3.05, 3.63) is 0 Å². The van der Waals surface area contributed by atoms with Gasteiger partial charge in [-0.25, -0.2) is 0 Å². The predicted octanol–water partition coefficient (Wildman–Crippen LogP) is 2.07. The minimum absolute atomic E-state index is 0.147. The van der Waals surface area contributed by atoms with Crippen LogP contribution in [0.2, 0.25) is 0 Å². The Morgan fingerprint density at radius 1 is 1.19 bits per heavy atom. The lowest BCUT2D eigenvalue weighted by Crippen LogP contribution is -2.40. The second kappa shape index (κ2) is 6.24. The van der Waals surface area contributed by atoms with Gasteiger partial charge in [0.25, 0.3) is 0 Å². The molecule has 0 heterocycles. The number of carbonyl (C=O) groups excluding carboxylic acids is 1. The SMILES string of the molecule is CC(C)NC(=O)CC(C)NC(C)CC1CC1. The highest BCUT2D eigenvalue weighted by Gasteiger charge is 2.24. The van der Waals surface area contributed by atoms with Crippen molar-refractivity contribution in [3.63, 3.8) is 0 Å². The highest BCUT2D eigenvalue weighted by Crippen LogP contribution is 2.33. The Morgan fingerprint density at radius 2 is 1.81 bits per heavy atom. The van der Waals surface area contributed by atoms with Gasteiger partial charge in [-0.2, -0.15) is 0 Å². The van der Waals surface area contributed by atoms with Gasteiger partial charge in [0.2, 0.25) is 5.91 Å². The number of carbonyl (C=O) groups is 1. The van der Waals surface area contributed by atoms with E-state index in [1.165, 1.54) is 19.3 Å². The molecule has 1 fully saturated rings. The Hall–Kier alpha value is -0.570. The molecular weight excluding hydrogens is 200 g/mol. The summed E-state index contributed by atoms with van der Waals surface area (Å²) < 4.78 is 0. The first kappa shape index (κ1) is 13.5. The lowest BCUT2D eigenvalue weighted by atomic mass is 10.1. The van der Waals surface area contributed by atoms with Gasteiger partial charge in [0.05, 0.1) is 0 Å². The van der Waals surface area contributed by atoms with E-state index in [1.54, 1.807) is 0 Å². The number of hydrogen-bond acceptors (Lipinski definition) is 2. The second-order valence-electron chi connectivity index (χ2n) is 5.57. The predicted molar refractivity (Wildman–Crippen MR) is 67.3 cm³/mol. The molecule has 0 saturated heterocycles. The van der Waals surface area contributed by atoms with E-state index in [0.29, 0.717) is 12.5 Å². The van der Waals surface area contributed by atoms with Crippen molar-refractivity contribution in [1.29, 1.82) is 0 Å². The molecule has 0 aromatic rings. The van der Waals surface area contributed by atoms with Crippen molar-refractivity contribution in [2.75, 3.05) is 0 Å². The molecule has 1 amide bonds. The molecular formula is C13H26N2O. The molecule has 1 aliphatic rings. The molecule has 0 radical (unpaired) electrons. The van der Waals surface area contributed by atoms with Gasteiger partial charge >= 0.3 is 0 Å². The van der Waals surface area contributed by atoms with E-state index >= 15 is 0 Å². The number of hydrogen-bond donors (Lipinski definition) is 2. The third-order valence-corrected chi connectivity index (χ3v) is 2.89. The third kappa shape index (κ3) is 6.11. The van der Waals surface area contributed by atoms with Crippen molar-refractivity contribution in [2.24, 2.45) is 5.92 Å². The molecule has 2 N–H and O–H groups in total. The summed E-state index contributed by atoms with van der Waals surface area (Å²) in [6.07, 6.45) is 4.63. The molecule has 3 nitrogen and oxygen atoms in total. The fourth-order valence-electron chi connectivity index (χ4n) is 2.13. The summed E-state index contributed by atoms with van der Waals surface area (Å²) in [7, 11) is 0. The molecule has 0 spiro atoms. The van der Waals surface area contributed by atoms with Crippen LogP contribution in [0.1, 0.15) is 53.4 Å². The van der Waals surface area contributed by atoms with Crippen LogP contribution in [-0.4, -0.2) is 24.0 Å². The molecule has 0 aromatic heterocycles. The summed E-state index contributed by atoms with van der Waals surface area (Å²) in [6, 6.07) is 1.05. The van der Waals surface area contributed by atoms with Crippen LogP contribution in [0.15, 0.2) is 0 Å². The largest absolute Gasteiger partial charge is 0.354 e. The van der Waals surface area contributed by atoms with Crippen LogP contribution in [0.5, 0.6) is 0 Å². The Kier molecular flexibility index (Phi) is 5.26. The standard InChI is InChI=1S/C13H26N2O/c1-9(2)14-13(16)8-11(4)15-10(3)7-12-5-6-12/h9-12,15H,5-8H2,1-4H3,(H,14,16). The fourth-order valence-corrected chi connectivity index (χ4v) is 2.13. The van der Waals surface area contributed by atoms with Gasteiger partial charge in [0, 0.05) is 24.5 Å². The zero-order valence-corrected chi connectivity index (χ0v) is 11.0. The van der Waals surface area contributed by atoms with Crippen molar-refractivity contribution < 1.29 is 4.79 Å². The van der Waals surface area contributed by atoms with E-state index in [0.717, 1.165) is 5.92 Å². The molecule has 0 bridgehead atoms. The van der Waals surface area contributed by atoms with E-state index in [2.05, 4.69) is 24.5 Å². The zero-order valence-electron chi connectivity index (χ0n) is 11.0. The lowest BCUT2D eigenvalue weighted by molar-refractivity contribution is -0.122. The average Bonchev–Trinajstić information content (AvgIpc) is 2.84. The van der Waals surface area contributed by atoms with Crippen molar-refractivity contribution in [3.8, 4) is 0 Å². The lowest BCUT2D eigenvalue weighted by Gasteiger charge is -2.20. The monoisotopic (exact) mass is 226 g/mol. The Morgan fingerprint density at radius 3 is 2.31 bits per heavy atom. The Labute approximate surface area is 99.4 Å². The molecule has 2 unspecified atom stereocenters. The molecule has 1 aliphatic carbocycles.